The van der Waals surface area contributed by atoms with Crippen LogP contribution in [0.1, 0.15) is 12.8 Å². The highest BCUT2D eigenvalue weighted by molar-refractivity contribution is 7.90. The monoisotopic (exact) mass is 263 g/mol. The predicted octanol–water partition coefficient (Wildman–Crippen LogP) is 0.162. The summed E-state index contributed by atoms with van der Waals surface area (Å²) >= 11 is 0. The Hall–Kier alpha value is -0.620. The topological polar surface area (TPSA) is 63.7 Å². The summed E-state index contributed by atoms with van der Waals surface area (Å²) in [5.74, 6) is -0.893. The van der Waals surface area contributed by atoms with E-state index in [1.54, 1.807) is 0 Å². The molecule has 1 heterocycles. The number of hydrogen-bond acceptors (Lipinski definition) is 5. The number of likely N-dealkylation sites (tertiary alicyclic amines) is 1. The Morgan fingerprint density at radius 1 is 1.41 bits per heavy atom. The summed E-state index contributed by atoms with van der Waals surface area (Å²) in [5, 5.41) is 0. The summed E-state index contributed by atoms with van der Waals surface area (Å²) in [5.41, 5.74) is 0. The molecular weight excluding hydrogens is 242 g/mol. The lowest BCUT2D eigenvalue weighted by Crippen LogP contribution is -2.39. The van der Waals surface area contributed by atoms with Gasteiger partial charge in [0.25, 0.3) is 0 Å². The third kappa shape index (κ3) is 4.63. The molecule has 1 aliphatic heterocycles. The van der Waals surface area contributed by atoms with Crippen molar-refractivity contribution >= 4 is 15.8 Å². The Labute approximate surface area is 103 Å². The zero-order valence-corrected chi connectivity index (χ0v) is 11.5. The van der Waals surface area contributed by atoms with Gasteiger partial charge in [0.05, 0.1) is 18.8 Å². The van der Waals surface area contributed by atoms with Gasteiger partial charge in [-0.1, -0.05) is 0 Å². The first-order valence-electron chi connectivity index (χ1n) is 5.77. The van der Waals surface area contributed by atoms with Gasteiger partial charge in [0.1, 0.15) is 9.84 Å². The number of carbonyl (C=O) groups is 1. The minimum atomic E-state index is -3.16. The van der Waals surface area contributed by atoms with Crippen molar-refractivity contribution < 1.29 is 17.9 Å². The molecule has 0 spiro atoms. The first-order valence-corrected chi connectivity index (χ1v) is 7.83. The number of nitrogens with zero attached hydrogens (tertiary/aromatic N) is 1. The van der Waals surface area contributed by atoms with E-state index in [0.29, 0.717) is 0 Å². The molecular formula is C11H21NO4S. The summed E-state index contributed by atoms with van der Waals surface area (Å²) < 4.78 is 27.4. The molecule has 0 aromatic heterocycles. The number of piperidine rings is 1. The number of esters is 1. The fourth-order valence-electron chi connectivity index (χ4n) is 2.31. The molecule has 17 heavy (non-hydrogen) atoms. The highest BCUT2D eigenvalue weighted by atomic mass is 32.2. The second kappa shape index (κ2) is 5.82. The fraction of sp³-hybridized carbons (Fsp3) is 0.909. The average molecular weight is 263 g/mol. The van der Waals surface area contributed by atoms with Crippen molar-refractivity contribution in [3.8, 4) is 0 Å². The van der Waals surface area contributed by atoms with Crippen LogP contribution in [0.5, 0.6) is 0 Å². The van der Waals surface area contributed by atoms with Gasteiger partial charge in [0.15, 0.2) is 0 Å². The van der Waals surface area contributed by atoms with Crippen LogP contribution in [0.15, 0.2) is 0 Å². The third-order valence-corrected chi connectivity index (χ3v) is 4.28. The van der Waals surface area contributed by atoms with Crippen LogP contribution in [-0.4, -0.2) is 58.5 Å². The molecule has 0 saturated carbocycles. The first-order chi connectivity index (χ1) is 7.83. The average Bonchev–Trinajstić information content (AvgIpc) is 2.25. The lowest BCUT2D eigenvalue weighted by atomic mass is 9.85. The molecule has 1 unspecified atom stereocenters. The van der Waals surface area contributed by atoms with Crippen LogP contribution >= 0.6 is 0 Å². The quantitative estimate of drug-likeness (QED) is 0.676. The molecule has 1 atom stereocenters. The molecule has 1 saturated heterocycles. The fourth-order valence-corrected chi connectivity index (χ4v) is 3.37. The van der Waals surface area contributed by atoms with Crippen LogP contribution in [0, 0.1) is 11.8 Å². The second-order valence-electron chi connectivity index (χ2n) is 4.86. The first kappa shape index (κ1) is 14.4. The maximum atomic E-state index is 11.7. The SMILES string of the molecule is COC(=O)C(CS(C)(=O)=O)C1CCN(C)CC1. The van der Waals surface area contributed by atoms with Gasteiger partial charge >= 0.3 is 5.97 Å². The van der Waals surface area contributed by atoms with Gasteiger partial charge in [-0.15, -0.1) is 0 Å². The van der Waals surface area contributed by atoms with E-state index < -0.39 is 21.7 Å². The van der Waals surface area contributed by atoms with Gasteiger partial charge in [-0.05, 0) is 38.9 Å². The molecule has 0 radical (unpaired) electrons. The normalized spacial score (nSPS) is 21.1. The van der Waals surface area contributed by atoms with E-state index in [1.165, 1.54) is 7.11 Å². The van der Waals surface area contributed by atoms with Gasteiger partial charge in [-0.2, -0.15) is 0 Å². The van der Waals surface area contributed by atoms with Crippen LogP contribution in [0.4, 0.5) is 0 Å². The van der Waals surface area contributed by atoms with E-state index in [1.807, 2.05) is 7.05 Å². The highest BCUT2D eigenvalue weighted by Gasteiger charge is 2.33. The maximum absolute atomic E-state index is 11.7. The number of ether oxygens (including phenoxy) is 1. The molecule has 1 fully saturated rings. The van der Waals surface area contributed by atoms with E-state index in [2.05, 4.69) is 4.90 Å². The zero-order valence-electron chi connectivity index (χ0n) is 10.7. The van der Waals surface area contributed by atoms with Crippen molar-refractivity contribution in [3.63, 3.8) is 0 Å². The minimum absolute atomic E-state index is 0.103. The summed E-state index contributed by atoms with van der Waals surface area (Å²) in [7, 11) is 0.184. The third-order valence-electron chi connectivity index (χ3n) is 3.32. The Morgan fingerprint density at radius 2 is 1.94 bits per heavy atom. The smallest absolute Gasteiger partial charge is 0.309 e. The van der Waals surface area contributed by atoms with Crippen LogP contribution in [0.3, 0.4) is 0 Å². The molecule has 0 aliphatic carbocycles. The van der Waals surface area contributed by atoms with Crippen molar-refractivity contribution in [1.29, 1.82) is 0 Å². The summed E-state index contributed by atoms with van der Waals surface area (Å²) in [6.07, 6.45) is 2.87. The van der Waals surface area contributed by atoms with Crippen molar-refractivity contribution in [2.45, 2.75) is 12.8 Å². The van der Waals surface area contributed by atoms with Gasteiger partial charge in [-0.3, -0.25) is 4.79 Å². The number of methoxy groups -OCH3 is 1. The lowest BCUT2D eigenvalue weighted by molar-refractivity contribution is -0.147. The molecule has 100 valence electrons. The van der Waals surface area contributed by atoms with E-state index in [0.717, 1.165) is 32.2 Å². The maximum Gasteiger partial charge on any atom is 0.309 e. The Kier molecular flexibility index (Phi) is 4.94. The van der Waals surface area contributed by atoms with Crippen LogP contribution in [0.25, 0.3) is 0 Å². The van der Waals surface area contributed by atoms with Crippen LogP contribution in [0.2, 0.25) is 0 Å². The summed E-state index contributed by atoms with van der Waals surface area (Å²) in [4.78, 5) is 13.9. The van der Waals surface area contributed by atoms with Crippen molar-refractivity contribution in [2.75, 3.05) is 39.3 Å². The molecule has 0 aromatic rings. The lowest BCUT2D eigenvalue weighted by Gasteiger charge is -2.32. The van der Waals surface area contributed by atoms with Crippen LogP contribution in [-0.2, 0) is 19.4 Å². The molecule has 0 amide bonds. The zero-order chi connectivity index (χ0) is 13.1. The van der Waals surface area contributed by atoms with E-state index in [4.69, 9.17) is 4.74 Å². The van der Waals surface area contributed by atoms with Gasteiger partial charge < -0.3 is 9.64 Å². The van der Waals surface area contributed by atoms with Gasteiger partial charge in [-0.25, -0.2) is 8.42 Å². The van der Waals surface area contributed by atoms with E-state index >= 15 is 0 Å². The Morgan fingerprint density at radius 3 is 2.35 bits per heavy atom. The standard InChI is InChI=1S/C11H21NO4S/c1-12-6-4-9(5-7-12)10(11(13)16-2)8-17(3,14)15/h9-10H,4-8H2,1-3H3. The van der Waals surface area contributed by atoms with Crippen molar-refractivity contribution in [3.05, 3.63) is 0 Å². The summed E-state index contributed by atoms with van der Waals surface area (Å²) in [6, 6.07) is 0. The van der Waals surface area contributed by atoms with E-state index in [9.17, 15) is 13.2 Å². The minimum Gasteiger partial charge on any atom is -0.469 e. The van der Waals surface area contributed by atoms with Crippen molar-refractivity contribution in [2.24, 2.45) is 11.8 Å². The highest BCUT2D eigenvalue weighted by Crippen LogP contribution is 2.26. The molecule has 0 N–H and O–H groups in total. The molecule has 0 bridgehead atoms. The molecule has 1 rings (SSSR count). The number of sulfone groups is 1. The summed E-state index contributed by atoms with van der Waals surface area (Å²) in [6.45, 7) is 1.81. The number of hydrogen-bond donors (Lipinski definition) is 0. The van der Waals surface area contributed by atoms with E-state index in [-0.39, 0.29) is 11.7 Å². The van der Waals surface area contributed by atoms with Crippen LogP contribution < -0.4 is 0 Å². The Bertz CT molecular complexity index is 358. The van der Waals surface area contributed by atoms with Gasteiger partial charge in [0, 0.05) is 6.26 Å². The van der Waals surface area contributed by atoms with Gasteiger partial charge in [0.2, 0.25) is 0 Å². The Balaban J connectivity index is 2.73. The molecule has 5 nitrogen and oxygen atoms in total. The molecule has 1 aliphatic rings. The molecule has 6 heteroatoms. The predicted molar refractivity (Wildman–Crippen MR) is 65.4 cm³/mol. The second-order valence-corrected chi connectivity index (χ2v) is 7.05. The number of carbonyl (C=O) groups excluding carboxylic acids is 1. The largest absolute Gasteiger partial charge is 0.469 e. The number of rotatable bonds is 4. The van der Waals surface area contributed by atoms with Crippen molar-refractivity contribution in [1.82, 2.24) is 4.90 Å². The molecule has 0 aromatic carbocycles.